The van der Waals surface area contributed by atoms with Crippen molar-refractivity contribution < 1.29 is 19.5 Å². The quantitative estimate of drug-likeness (QED) is 0.219. The first-order valence-corrected chi connectivity index (χ1v) is 4.43. The van der Waals surface area contributed by atoms with Crippen molar-refractivity contribution in [3.8, 4) is 0 Å². The van der Waals surface area contributed by atoms with Gasteiger partial charge in [0.15, 0.2) is 5.54 Å². The van der Waals surface area contributed by atoms with Crippen molar-refractivity contribution in [1.82, 2.24) is 0 Å². The van der Waals surface area contributed by atoms with E-state index in [9.17, 15) is 14.4 Å². The molecule has 7 heteroatoms. The van der Waals surface area contributed by atoms with Gasteiger partial charge in [0, 0.05) is 0 Å². The van der Waals surface area contributed by atoms with Crippen LogP contribution in [-0.4, -0.2) is 34.8 Å². The Labute approximate surface area is 86.6 Å². The molecule has 7 nitrogen and oxygen atoms in total. The van der Waals surface area contributed by atoms with Crippen molar-refractivity contribution in [2.45, 2.75) is 24.8 Å². The molecule has 0 fully saturated rings. The summed E-state index contributed by atoms with van der Waals surface area (Å²) >= 11 is 0. The van der Waals surface area contributed by atoms with Crippen LogP contribution in [-0.2, 0) is 14.4 Å². The highest BCUT2D eigenvalue weighted by atomic mass is 16.4. The van der Waals surface area contributed by atoms with Crippen LogP contribution in [0.15, 0.2) is 0 Å². The van der Waals surface area contributed by atoms with Crippen molar-refractivity contribution in [2.24, 2.45) is 17.2 Å². The summed E-state index contributed by atoms with van der Waals surface area (Å²) in [4.78, 5) is 32.6. The number of Topliss-reactive ketones (excluding diaryl/α,β-unsaturated/α-hetero) is 1. The molecule has 1 atom stereocenters. The lowest BCUT2D eigenvalue weighted by Crippen LogP contribution is -2.58. The van der Waals surface area contributed by atoms with E-state index in [1.165, 1.54) is 0 Å². The summed E-state index contributed by atoms with van der Waals surface area (Å²) in [5.74, 6) is -4.18. The van der Waals surface area contributed by atoms with Crippen molar-refractivity contribution in [3.63, 3.8) is 0 Å². The smallest absolute Gasteiger partial charge is 0.332 e. The number of aliphatic carboxylic acids is 1. The molecule has 0 bridgehead atoms. The van der Waals surface area contributed by atoms with Gasteiger partial charge in [-0.3, -0.25) is 9.59 Å². The van der Waals surface area contributed by atoms with Gasteiger partial charge in [0.2, 0.25) is 0 Å². The number of rotatable bonds is 7. The Morgan fingerprint density at radius 1 is 1.20 bits per heavy atom. The molecule has 0 aromatic carbocycles. The number of ketones is 1. The molecule has 0 rings (SSSR count). The number of carboxylic acid groups (broad SMARTS) is 1. The number of amides is 1. The van der Waals surface area contributed by atoms with Crippen LogP contribution in [0.2, 0.25) is 0 Å². The Bertz CT molecular complexity index is 279. The van der Waals surface area contributed by atoms with E-state index in [4.69, 9.17) is 22.3 Å². The third-order valence-corrected chi connectivity index (χ3v) is 2.04. The maximum Gasteiger partial charge on any atom is 0.332 e. The molecule has 0 saturated heterocycles. The lowest BCUT2D eigenvalue weighted by atomic mass is 9.88. The molecule has 0 aromatic heterocycles. The minimum atomic E-state index is -2.22. The highest BCUT2D eigenvalue weighted by molar-refractivity contribution is 6.43. The summed E-state index contributed by atoms with van der Waals surface area (Å²) in [6.07, 6.45) is 0.720. The predicted molar refractivity (Wildman–Crippen MR) is 51.7 cm³/mol. The molecule has 0 saturated carbocycles. The van der Waals surface area contributed by atoms with E-state index in [1.54, 1.807) is 0 Å². The fourth-order valence-electron chi connectivity index (χ4n) is 1.09. The Morgan fingerprint density at radius 3 is 2.07 bits per heavy atom. The standard InChI is InChI=1S/C8H15N3O4/c9-4-2-1-3-8(11,7(14)15)5(12)6(10)13/h1-4,9,11H2,(H2,10,13)(H,14,15)/t8-/m1/s1. The van der Waals surface area contributed by atoms with E-state index in [1.807, 2.05) is 0 Å². The Hall–Kier alpha value is -1.47. The van der Waals surface area contributed by atoms with Gasteiger partial charge >= 0.3 is 5.97 Å². The Kier molecular flexibility index (Phi) is 4.89. The largest absolute Gasteiger partial charge is 0.480 e. The highest BCUT2D eigenvalue weighted by Gasteiger charge is 2.44. The van der Waals surface area contributed by atoms with Gasteiger partial charge in [0.25, 0.3) is 11.7 Å². The zero-order chi connectivity index (χ0) is 12.1. The zero-order valence-electron chi connectivity index (χ0n) is 8.23. The molecule has 0 spiro atoms. The first kappa shape index (κ1) is 13.5. The van der Waals surface area contributed by atoms with Gasteiger partial charge in [0.05, 0.1) is 0 Å². The fourth-order valence-corrected chi connectivity index (χ4v) is 1.09. The molecule has 86 valence electrons. The van der Waals surface area contributed by atoms with E-state index in [0.717, 1.165) is 0 Å². The first-order chi connectivity index (χ1) is 6.86. The van der Waals surface area contributed by atoms with E-state index >= 15 is 0 Å². The average molecular weight is 217 g/mol. The topological polar surface area (TPSA) is 150 Å². The number of hydrogen-bond donors (Lipinski definition) is 4. The molecule has 0 aromatic rings. The zero-order valence-corrected chi connectivity index (χ0v) is 8.23. The highest BCUT2D eigenvalue weighted by Crippen LogP contribution is 2.13. The maximum atomic E-state index is 11.2. The van der Waals surface area contributed by atoms with Crippen LogP contribution < -0.4 is 17.2 Å². The first-order valence-electron chi connectivity index (χ1n) is 4.43. The summed E-state index contributed by atoms with van der Waals surface area (Å²) < 4.78 is 0. The normalized spacial score (nSPS) is 14.3. The summed E-state index contributed by atoms with van der Waals surface area (Å²) in [6, 6.07) is 0. The van der Waals surface area contributed by atoms with Crippen LogP contribution in [0.3, 0.4) is 0 Å². The monoisotopic (exact) mass is 217 g/mol. The second-order valence-corrected chi connectivity index (χ2v) is 3.22. The summed E-state index contributed by atoms with van der Waals surface area (Å²) in [5.41, 5.74) is 13.0. The van der Waals surface area contributed by atoms with Crippen LogP contribution in [0.25, 0.3) is 0 Å². The van der Waals surface area contributed by atoms with Crippen LogP contribution in [0.1, 0.15) is 19.3 Å². The minimum absolute atomic E-state index is 0.151. The predicted octanol–water partition coefficient (Wildman–Crippen LogP) is -2.05. The molecule has 0 heterocycles. The molecule has 1 amide bonds. The fraction of sp³-hybridized carbons (Fsp3) is 0.625. The third-order valence-electron chi connectivity index (χ3n) is 2.04. The van der Waals surface area contributed by atoms with E-state index < -0.39 is 23.2 Å². The van der Waals surface area contributed by atoms with Gasteiger partial charge < -0.3 is 22.3 Å². The molecule has 7 N–H and O–H groups in total. The van der Waals surface area contributed by atoms with Crippen molar-refractivity contribution >= 4 is 17.7 Å². The van der Waals surface area contributed by atoms with E-state index in [0.29, 0.717) is 19.4 Å². The van der Waals surface area contributed by atoms with E-state index in [-0.39, 0.29) is 6.42 Å². The number of carbonyl (C=O) groups excluding carboxylic acids is 2. The molecule has 15 heavy (non-hydrogen) atoms. The van der Waals surface area contributed by atoms with Gasteiger partial charge in [-0.05, 0) is 25.8 Å². The van der Waals surface area contributed by atoms with Crippen LogP contribution in [0, 0.1) is 0 Å². The second kappa shape index (κ2) is 5.42. The van der Waals surface area contributed by atoms with Crippen LogP contribution in [0.4, 0.5) is 0 Å². The molecule has 0 unspecified atom stereocenters. The summed E-state index contributed by atoms with van der Waals surface area (Å²) in [5, 5.41) is 8.77. The van der Waals surface area contributed by atoms with Gasteiger partial charge in [-0.25, -0.2) is 4.79 Å². The molecular formula is C8H15N3O4. The van der Waals surface area contributed by atoms with Crippen molar-refractivity contribution in [2.75, 3.05) is 6.54 Å². The van der Waals surface area contributed by atoms with Crippen LogP contribution >= 0.6 is 0 Å². The lowest BCUT2D eigenvalue weighted by Gasteiger charge is -2.21. The van der Waals surface area contributed by atoms with Crippen molar-refractivity contribution in [1.29, 1.82) is 0 Å². The van der Waals surface area contributed by atoms with Crippen molar-refractivity contribution in [3.05, 3.63) is 0 Å². The maximum absolute atomic E-state index is 11.2. The number of nitrogens with two attached hydrogens (primary N) is 3. The number of primary amides is 1. The SMILES string of the molecule is NCCCC[C@](N)(C(=O)O)C(=O)C(N)=O. The lowest BCUT2D eigenvalue weighted by molar-refractivity contribution is -0.152. The third kappa shape index (κ3) is 3.30. The molecule has 0 aliphatic rings. The van der Waals surface area contributed by atoms with Crippen LogP contribution in [0.5, 0.6) is 0 Å². The number of hydrogen-bond acceptors (Lipinski definition) is 5. The minimum Gasteiger partial charge on any atom is -0.480 e. The Morgan fingerprint density at radius 2 is 1.73 bits per heavy atom. The Balaban J connectivity index is 4.67. The molecule has 0 aliphatic carbocycles. The summed E-state index contributed by atoms with van der Waals surface area (Å²) in [6.45, 7) is 0.362. The molecule has 0 aliphatic heterocycles. The van der Waals surface area contributed by atoms with E-state index in [2.05, 4.69) is 0 Å². The average Bonchev–Trinajstić information content (AvgIpc) is 2.16. The number of carboxylic acids is 1. The van der Waals surface area contributed by atoms with Gasteiger partial charge in [-0.15, -0.1) is 0 Å². The second-order valence-electron chi connectivity index (χ2n) is 3.22. The molecular weight excluding hydrogens is 202 g/mol. The van der Waals surface area contributed by atoms with Gasteiger partial charge in [-0.2, -0.15) is 0 Å². The summed E-state index contributed by atoms with van der Waals surface area (Å²) in [7, 11) is 0. The molecule has 0 radical (unpaired) electrons. The van der Waals surface area contributed by atoms with Gasteiger partial charge in [-0.1, -0.05) is 0 Å². The number of unbranched alkanes of at least 4 members (excludes halogenated alkanes) is 1. The van der Waals surface area contributed by atoms with Gasteiger partial charge in [0.1, 0.15) is 0 Å². The number of carbonyl (C=O) groups is 3.